The van der Waals surface area contributed by atoms with E-state index in [4.69, 9.17) is 0 Å². The Labute approximate surface area is 86.3 Å². The zero-order valence-corrected chi connectivity index (χ0v) is 10.2. The molecule has 1 rings (SSSR count). The van der Waals surface area contributed by atoms with E-state index in [1.54, 1.807) is 0 Å². The summed E-state index contributed by atoms with van der Waals surface area (Å²) in [6.07, 6.45) is 5.50. The molecule has 0 unspecified atom stereocenters. The van der Waals surface area contributed by atoms with Gasteiger partial charge in [0.25, 0.3) is 0 Å². The van der Waals surface area contributed by atoms with Crippen LogP contribution in [0.2, 0.25) is 0 Å². The molecule has 0 atom stereocenters. The zero-order valence-electron chi connectivity index (χ0n) is 9.35. The summed E-state index contributed by atoms with van der Waals surface area (Å²) in [5.74, 6) is 0. The molecule has 0 fully saturated rings. The van der Waals surface area contributed by atoms with Crippen LogP contribution in [-0.2, 0) is 0 Å². The molecule has 0 saturated heterocycles. The molecule has 74 valence electrons. The SMILES string of the molecule is C/C=C\c1c(C)csc1C.CCC. The average Bonchev–Trinajstić information content (AvgIpc) is 2.38. The minimum absolute atomic E-state index is 1.25. The molecular weight excluding hydrogens is 176 g/mol. The van der Waals surface area contributed by atoms with Crippen molar-refractivity contribution < 1.29 is 0 Å². The van der Waals surface area contributed by atoms with Crippen molar-refractivity contribution in [2.45, 2.75) is 41.0 Å². The molecule has 1 aromatic heterocycles. The Bertz CT molecular complexity index is 237. The van der Waals surface area contributed by atoms with E-state index in [0.717, 1.165) is 0 Å². The fourth-order valence-corrected chi connectivity index (χ4v) is 1.83. The van der Waals surface area contributed by atoms with Crippen LogP contribution in [0.15, 0.2) is 11.5 Å². The van der Waals surface area contributed by atoms with Crippen LogP contribution >= 0.6 is 11.3 Å². The van der Waals surface area contributed by atoms with E-state index in [2.05, 4.69) is 52.2 Å². The highest BCUT2D eigenvalue weighted by atomic mass is 32.1. The average molecular weight is 196 g/mol. The maximum atomic E-state index is 2.20. The molecule has 0 spiro atoms. The van der Waals surface area contributed by atoms with Gasteiger partial charge in [-0.1, -0.05) is 32.4 Å². The quantitative estimate of drug-likeness (QED) is 0.604. The highest BCUT2D eigenvalue weighted by Crippen LogP contribution is 2.21. The van der Waals surface area contributed by atoms with Gasteiger partial charge >= 0.3 is 0 Å². The summed E-state index contributed by atoms with van der Waals surface area (Å²) >= 11 is 1.82. The minimum atomic E-state index is 1.25. The van der Waals surface area contributed by atoms with E-state index in [1.807, 2.05) is 11.3 Å². The minimum Gasteiger partial charge on any atom is -0.148 e. The highest BCUT2D eigenvalue weighted by Gasteiger charge is 1.98. The summed E-state index contributed by atoms with van der Waals surface area (Å²) in [6.45, 7) is 10.6. The van der Waals surface area contributed by atoms with E-state index < -0.39 is 0 Å². The molecule has 0 nitrogen and oxygen atoms in total. The fourth-order valence-electron chi connectivity index (χ4n) is 0.997. The van der Waals surface area contributed by atoms with E-state index in [9.17, 15) is 0 Å². The van der Waals surface area contributed by atoms with Gasteiger partial charge in [0.2, 0.25) is 0 Å². The standard InChI is InChI=1S/C9H12S.C3H8/c1-4-5-9-7(2)6-10-8(9)3;1-3-2/h4-6H,1-3H3;3H2,1-2H3/b5-4-;. The van der Waals surface area contributed by atoms with E-state index in [0.29, 0.717) is 0 Å². The molecule has 0 aliphatic carbocycles. The van der Waals surface area contributed by atoms with Crippen LogP contribution in [0.5, 0.6) is 0 Å². The topological polar surface area (TPSA) is 0 Å². The predicted octanol–water partition coefficient (Wildman–Crippen LogP) is 4.81. The second-order valence-electron chi connectivity index (χ2n) is 3.10. The van der Waals surface area contributed by atoms with Gasteiger partial charge in [0.1, 0.15) is 0 Å². The Morgan fingerprint density at radius 2 is 1.85 bits per heavy atom. The van der Waals surface area contributed by atoms with Crippen LogP contribution in [0, 0.1) is 13.8 Å². The lowest BCUT2D eigenvalue weighted by Crippen LogP contribution is -1.72. The molecular formula is C12H20S. The lowest BCUT2D eigenvalue weighted by Gasteiger charge is -1.90. The van der Waals surface area contributed by atoms with Crippen molar-refractivity contribution in [3.05, 3.63) is 27.5 Å². The number of aryl methyl sites for hydroxylation is 2. The molecule has 13 heavy (non-hydrogen) atoms. The van der Waals surface area contributed by atoms with Gasteiger partial charge in [0.05, 0.1) is 0 Å². The molecule has 0 aromatic carbocycles. The van der Waals surface area contributed by atoms with E-state index >= 15 is 0 Å². The van der Waals surface area contributed by atoms with Crippen LogP contribution in [0.1, 0.15) is 43.2 Å². The molecule has 1 aromatic rings. The first kappa shape index (κ1) is 12.4. The Morgan fingerprint density at radius 1 is 1.31 bits per heavy atom. The summed E-state index contributed by atoms with van der Waals surface area (Å²) in [5.41, 5.74) is 2.79. The Morgan fingerprint density at radius 3 is 2.15 bits per heavy atom. The van der Waals surface area contributed by atoms with Gasteiger partial charge in [-0.3, -0.25) is 0 Å². The van der Waals surface area contributed by atoms with Crippen molar-refractivity contribution in [2.75, 3.05) is 0 Å². The monoisotopic (exact) mass is 196 g/mol. The van der Waals surface area contributed by atoms with Crippen LogP contribution in [-0.4, -0.2) is 0 Å². The van der Waals surface area contributed by atoms with Crippen molar-refractivity contribution in [2.24, 2.45) is 0 Å². The molecule has 0 saturated carbocycles. The van der Waals surface area contributed by atoms with Gasteiger partial charge in [0.15, 0.2) is 0 Å². The summed E-state index contributed by atoms with van der Waals surface area (Å²) in [4.78, 5) is 1.41. The molecule has 0 amide bonds. The Kier molecular flexibility index (Phi) is 6.61. The predicted molar refractivity (Wildman–Crippen MR) is 64.5 cm³/mol. The van der Waals surface area contributed by atoms with Crippen molar-refractivity contribution in [3.8, 4) is 0 Å². The van der Waals surface area contributed by atoms with Gasteiger partial charge in [-0.25, -0.2) is 0 Å². The summed E-state index contributed by atoms with van der Waals surface area (Å²) in [5, 5.41) is 2.20. The Hall–Kier alpha value is -0.560. The summed E-state index contributed by atoms with van der Waals surface area (Å²) in [7, 11) is 0. The molecule has 0 aliphatic heterocycles. The molecule has 0 bridgehead atoms. The maximum absolute atomic E-state index is 2.20. The normalized spacial score (nSPS) is 9.92. The number of allylic oxidation sites excluding steroid dienone is 1. The lowest BCUT2D eigenvalue weighted by molar-refractivity contribution is 1.09. The highest BCUT2D eigenvalue weighted by molar-refractivity contribution is 7.10. The van der Waals surface area contributed by atoms with Crippen LogP contribution < -0.4 is 0 Å². The molecule has 1 heterocycles. The van der Waals surface area contributed by atoms with Crippen molar-refractivity contribution in [1.29, 1.82) is 0 Å². The molecule has 0 N–H and O–H groups in total. The van der Waals surface area contributed by atoms with E-state index in [1.165, 1.54) is 22.4 Å². The van der Waals surface area contributed by atoms with E-state index in [-0.39, 0.29) is 0 Å². The first-order valence-corrected chi connectivity index (χ1v) is 5.72. The lowest BCUT2D eigenvalue weighted by atomic mass is 10.1. The van der Waals surface area contributed by atoms with Crippen LogP contribution in [0.3, 0.4) is 0 Å². The van der Waals surface area contributed by atoms with Crippen LogP contribution in [0.25, 0.3) is 6.08 Å². The number of thiophene rings is 1. The fraction of sp³-hybridized carbons (Fsp3) is 0.500. The molecule has 1 heteroatoms. The van der Waals surface area contributed by atoms with Crippen molar-refractivity contribution >= 4 is 17.4 Å². The third kappa shape index (κ3) is 4.28. The third-order valence-corrected chi connectivity index (χ3v) is 2.59. The van der Waals surface area contributed by atoms with Gasteiger partial charge in [-0.15, -0.1) is 11.3 Å². The summed E-state index contributed by atoms with van der Waals surface area (Å²) in [6, 6.07) is 0. The first-order valence-electron chi connectivity index (χ1n) is 4.84. The van der Waals surface area contributed by atoms with Gasteiger partial charge in [-0.05, 0) is 37.3 Å². The number of hydrogen-bond acceptors (Lipinski definition) is 1. The number of rotatable bonds is 1. The van der Waals surface area contributed by atoms with Crippen molar-refractivity contribution in [3.63, 3.8) is 0 Å². The third-order valence-electron chi connectivity index (χ3n) is 1.55. The second kappa shape index (κ2) is 6.90. The van der Waals surface area contributed by atoms with Gasteiger partial charge in [-0.2, -0.15) is 0 Å². The van der Waals surface area contributed by atoms with Crippen LogP contribution in [0.4, 0.5) is 0 Å². The smallest absolute Gasteiger partial charge is 0.00892 e. The first-order chi connectivity index (χ1) is 6.17. The van der Waals surface area contributed by atoms with Crippen molar-refractivity contribution in [1.82, 2.24) is 0 Å². The van der Waals surface area contributed by atoms with Gasteiger partial charge < -0.3 is 0 Å². The zero-order chi connectivity index (χ0) is 10.3. The largest absolute Gasteiger partial charge is 0.148 e. The maximum Gasteiger partial charge on any atom is 0.00892 e. The summed E-state index contributed by atoms with van der Waals surface area (Å²) < 4.78 is 0. The number of hydrogen-bond donors (Lipinski definition) is 0. The molecule has 0 radical (unpaired) electrons. The Balaban J connectivity index is 0.000000424. The molecule has 0 aliphatic rings. The second-order valence-corrected chi connectivity index (χ2v) is 4.18. The van der Waals surface area contributed by atoms with Gasteiger partial charge in [0, 0.05) is 4.88 Å².